The zero-order valence-corrected chi connectivity index (χ0v) is 8.78. The SMILES string of the molecule is NCc1nnnn1CCOc1ccccc1. The Morgan fingerprint density at radius 3 is 2.81 bits per heavy atom. The van der Waals surface area contributed by atoms with Gasteiger partial charge in [0.05, 0.1) is 13.1 Å². The fourth-order valence-electron chi connectivity index (χ4n) is 1.31. The molecule has 0 fully saturated rings. The van der Waals surface area contributed by atoms with Gasteiger partial charge >= 0.3 is 0 Å². The van der Waals surface area contributed by atoms with E-state index in [1.54, 1.807) is 4.68 Å². The van der Waals surface area contributed by atoms with Crippen molar-refractivity contribution >= 4 is 0 Å². The van der Waals surface area contributed by atoms with Crippen LogP contribution in [-0.4, -0.2) is 26.8 Å². The maximum absolute atomic E-state index is 5.52. The van der Waals surface area contributed by atoms with Crippen LogP contribution in [0.2, 0.25) is 0 Å². The summed E-state index contributed by atoms with van der Waals surface area (Å²) in [7, 11) is 0. The van der Waals surface area contributed by atoms with E-state index in [-0.39, 0.29) is 0 Å². The number of ether oxygens (including phenoxy) is 1. The molecule has 1 aromatic carbocycles. The highest BCUT2D eigenvalue weighted by Crippen LogP contribution is 2.07. The van der Waals surface area contributed by atoms with Crippen LogP contribution in [0.1, 0.15) is 5.82 Å². The first-order valence-corrected chi connectivity index (χ1v) is 5.03. The molecule has 0 saturated carbocycles. The molecule has 2 rings (SSSR count). The number of nitrogens with two attached hydrogens (primary N) is 1. The molecule has 0 aliphatic heterocycles. The summed E-state index contributed by atoms with van der Waals surface area (Å²) in [5.41, 5.74) is 5.47. The molecule has 6 heteroatoms. The maximum atomic E-state index is 5.52. The third-order valence-corrected chi connectivity index (χ3v) is 2.10. The smallest absolute Gasteiger partial charge is 0.164 e. The Morgan fingerprint density at radius 2 is 2.06 bits per heavy atom. The van der Waals surface area contributed by atoms with Crippen molar-refractivity contribution < 1.29 is 4.74 Å². The van der Waals surface area contributed by atoms with E-state index >= 15 is 0 Å². The summed E-state index contributed by atoms with van der Waals surface area (Å²) in [6.07, 6.45) is 0. The summed E-state index contributed by atoms with van der Waals surface area (Å²) in [6.45, 7) is 1.44. The van der Waals surface area contributed by atoms with E-state index in [0.29, 0.717) is 25.5 Å². The largest absolute Gasteiger partial charge is 0.492 e. The summed E-state index contributed by atoms with van der Waals surface area (Å²) in [5.74, 6) is 1.50. The molecule has 0 aliphatic rings. The van der Waals surface area contributed by atoms with Crippen molar-refractivity contribution in [2.75, 3.05) is 6.61 Å². The van der Waals surface area contributed by atoms with Crippen LogP contribution in [0.4, 0.5) is 0 Å². The molecule has 1 heterocycles. The van der Waals surface area contributed by atoms with E-state index < -0.39 is 0 Å². The number of rotatable bonds is 5. The Balaban J connectivity index is 1.85. The lowest BCUT2D eigenvalue weighted by Crippen LogP contribution is -2.14. The van der Waals surface area contributed by atoms with E-state index in [0.717, 1.165) is 5.75 Å². The third kappa shape index (κ3) is 2.54. The van der Waals surface area contributed by atoms with Gasteiger partial charge in [-0.05, 0) is 22.6 Å². The second-order valence-corrected chi connectivity index (χ2v) is 3.18. The highest BCUT2D eigenvalue weighted by Gasteiger charge is 2.02. The van der Waals surface area contributed by atoms with Gasteiger partial charge in [0.15, 0.2) is 5.82 Å². The average Bonchev–Trinajstić information content (AvgIpc) is 2.78. The minimum absolute atomic E-state index is 0.332. The zero-order valence-electron chi connectivity index (χ0n) is 8.78. The van der Waals surface area contributed by atoms with Crippen LogP contribution >= 0.6 is 0 Å². The first kappa shape index (κ1) is 10.6. The lowest BCUT2D eigenvalue weighted by molar-refractivity contribution is 0.287. The third-order valence-electron chi connectivity index (χ3n) is 2.10. The van der Waals surface area contributed by atoms with E-state index in [9.17, 15) is 0 Å². The fraction of sp³-hybridized carbons (Fsp3) is 0.300. The van der Waals surface area contributed by atoms with Crippen molar-refractivity contribution in [3.8, 4) is 5.75 Å². The van der Waals surface area contributed by atoms with E-state index in [1.807, 2.05) is 30.3 Å². The first-order chi connectivity index (χ1) is 7.90. The summed E-state index contributed by atoms with van der Waals surface area (Å²) in [4.78, 5) is 0. The van der Waals surface area contributed by atoms with E-state index in [2.05, 4.69) is 15.5 Å². The second-order valence-electron chi connectivity index (χ2n) is 3.18. The molecule has 2 N–H and O–H groups in total. The predicted molar refractivity (Wildman–Crippen MR) is 57.6 cm³/mol. The van der Waals surface area contributed by atoms with Crippen LogP contribution in [0.5, 0.6) is 5.75 Å². The predicted octanol–water partition coefficient (Wildman–Crippen LogP) is 0.211. The van der Waals surface area contributed by atoms with Crippen LogP contribution in [0, 0.1) is 0 Å². The molecule has 0 atom stereocenters. The van der Waals surface area contributed by atoms with Crippen molar-refractivity contribution in [3.63, 3.8) is 0 Å². The highest BCUT2D eigenvalue weighted by molar-refractivity contribution is 5.20. The van der Waals surface area contributed by atoms with Gasteiger partial charge in [-0.1, -0.05) is 18.2 Å². The number of aromatic nitrogens is 4. The molecule has 16 heavy (non-hydrogen) atoms. The number of para-hydroxylation sites is 1. The fourth-order valence-corrected chi connectivity index (χ4v) is 1.31. The van der Waals surface area contributed by atoms with Gasteiger partial charge < -0.3 is 10.5 Å². The van der Waals surface area contributed by atoms with Crippen molar-refractivity contribution in [2.45, 2.75) is 13.1 Å². The van der Waals surface area contributed by atoms with Crippen LogP contribution in [0.25, 0.3) is 0 Å². The molecular weight excluding hydrogens is 206 g/mol. The summed E-state index contributed by atoms with van der Waals surface area (Å²) in [6, 6.07) is 9.61. The van der Waals surface area contributed by atoms with Crippen LogP contribution in [0.15, 0.2) is 30.3 Å². The minimum Gasteiger partial charge on any atom is -0.492 e. The van der Waals surface area contributed by atoms with Crippen LogP contribution < -0.4 is 10.5 Å². The molecule has 0 amide bonds. The Morgan fingerprint density at radius 1 is 1.25 bits per heavy atom. The molecule has 0 unspecified atom stereocenters. The number of hydrogen-bond donors (Lipinski definition) is 1. The van der Waals surface area contributed by atoms with Gasteiger partial charge in [0.2, 0.25) is 0 Å². The Labute approximate surface area is 93.0 Å². The standard InChI is InChI=1S/C10H13N5O/c11-8-10-12-13-14-15(10)6-7-16-9-4-2-1-3-5-9/h1-5H,6-8,11H2. The summed E-state index contributed by atoms with van der Waals surface area (Å²) in [5, 5.41) is 11.1. The number of nitrogens with zero attached hydrogens (tertiary/aromatic N) is 4. The van der Waals surface area contributed by atoms with Gasteiger partial charge in [-0.15, -0.1) is 5.10 Å². The quantitative estimate of drug-likeness (QED) is 0.777. The molecule has 84 valence electrons. The van der Waals surface area contributed by atoms with E-state index in [4.69, 9.17) is 10.5 Å². The van der Waals surface area contributed by atoms with Crippen molar-refractivity contribution in [3.05, 3.63) is 36.2 Å². The average molecular weight is 219 g/mol. The van der Waals surface area contributed by atoms with Gasteiger partial charge in [-0.25, -0.2) is 4.68 Å². The minimum atomic E-state index is 0.332. The summed E-state index contributed by atoms with van der Waals surface area (Å²) < 4.78 is 7.16. The Hall–Kier alpha value is -1.95. The molecular formula is C10H13N5O. The molecule has 0 saturated heterocycles. The monoisotopic (exact) mass is 219 g/mol. The zero-order chi connectivity index (χ0) is 11.2. The Kier molecular flexibility index (Phi) is 3.45. The lowest BCUT2D eigenvalue weighted by atomic mass is 10.3. The first-order valence-electron chi connectivity index (χ1n) is 5.03. The van der Waals surface area contributed by atoms with Gasteiger partial charge in [0, 0.05) is 0 Å². The van der Waals surface area contributed by atoms with Crippen LogP contribution in [0.3, 0.4) is 0 Å². The molecule has 6 nitrogen and oxygen atoms in total. The van der Waals surface area contributed by atoms with Gasteiger partial charge in [-0.3, -0.25) is 0 Å². The van der Waals surface area contributed by atoms with Gasteiger partial charge in [0.25, 0.3) is 0 Å². The normalized spacial score (nSPS) is 10.3. The number of hydrogen-bond acceptors (Lipinski definition) is 5. The van der Waals surface area contributed by atoms with E-state index in [1.165, 1.54) is 0 Å². The van der Waals surface area contributed by atoms with Crippen molar-refractivity contribution in [1.29, 1.82) is 0 Å². The van der Waals surface area contributed by atoms with Crippen LogP contribution in [-0.2, 0) is 13.1 Å². The number of benzene rings is 1. The molecule has 0 bridgehead atoms. The van der Waals surface area contributed by atoms with Crippen molar-refractivity contribution in [1.82, 2.24) is 20.2 Å². The number of tetrazole rings is 1. The topological polar surface area (TPSA) is 78.9 Å². The molecule has 0 spiro atoms. The molecule has 1 aromatic heterocycles. The molecule has 2 aromatic rings. The van der Waals surface area contributed by atoms with Crippen molar-refractivity contribution in [2.24, 2.45) is 5.73 Å². The molecule has 0 aliphatic carbocycles. The lowest BCUT2D eigenvalue weighted by Gasteiger charge is -2.06. The highest BCUT2D eigenvalue weighted by atomic mass is 16.5. The molecule has 0 radical (unpaired) electrons. The maximum Gasteiger partial charge on any atom is 0.164 e. The van der Waals surface area contributed by atoms with Gasteiger partial charge in [0.1, 0.15) is 12.4 Å². The second kappa shape index (κ2) is 5.22. The Bertz CT molecular complexity index is 428. The van der Waals surface area contributed by atoms with Gasteiger partial charge in [-0.2, -0.15) is 0 Å². The summed E-state index contributed by atoms with van der Waals surface area (Å²) >= 11 is 0.